The Kier molecular flexibility index (Phi) is 0.925. The van der Waals surface area contributed by atoms with E-state index in [4.69, 9.17) is 10.00 Å². The summed E-state index contributed by atoms with van der Waals surface area (Å²) in [5.41, 5.74) is 1.86. The number of nitrogens with zero attached hydrogens (tertiary/aromatic N) is 1. The second kappa shape index (κ2) is 1.74. The van der Waals surface area contributed by atoms with E-state index in [1.54, 1.807) is 12.1 Å². The largest absolute Gasteiger partial charge is 0.488 e. The number of hydrogen-bond acceptors (Lipinski definition) is 2. The highest BCUT2D eigenvalue weighted by Gasteiger charge is 2.13. The third-order valence-electron chi connectivity index (χ3n) is 1.58. The van der Waals surface area contributed by atoms with E-state index in [0.717, 1.165) is 5.75 Å². The first-order valence-electron chi connectivity index (χ1n) is 3.06. The van der Waals surface area contributed by atoms with Gasteiger partial charge in [0.2, 0.25) is 0 Å². The summed E-state index contributed by atoms with van der Waals surface area (Å²) in [5, 5.41) is 8.47. The topological polar surface area (TPSA) is 33.0 Å². The smallest absolute Gasteiger partial charge is 0.127 e. The van der Waals surface area contributed by atoms with Crippen molar-refractivity contribution in [3.05, 3.63) is 29.3 Å². The molecule has 0 saturated carbocycles. The van der Waals surface area contributed by atoms with Crippen molar-refractivity contribution in [3.63, 3.8) is 0 Å². The molecule has 1 heterocycles. The van der Waals surface area contributed by atoms with Crippen molar-refractivity contribution in [1.29, 1.82) is 5.26 Å². The van der Waals surface area contributed by atoms with Crippen LogP contribution in [0.15, 0.2) is 18.2 Å². The van der Waals surface area contributed by atoms with Crippen LogP contribution in [0.1, 0.15) is 11.1 Å². The molecular formula is C8H5NO. The van der Waals surface area contributed by atoms with Crippen LogP contribution in [0.4, 0.5) is 0 Å². The van der Waals surface area contributed by atoms with Crippen LogP contribution in [0.3, 0.4) is 0 Å². The summed E-state index contributed by atoms with van der Waals surface area (Å²) in [5.74, 6) is 0.860. The van der Waals surface area contributed by atoms with Crippen molar-refractivity contribution in [1.82, 2.24) is 0 Å². The summed E-state index contributed by atoms with van der Waals surface area (Å²) in [7, 11) is 0. The highest BCUT2D eigenvalue weighted by atomic mass is 16.5. The van der Waals surface area contributed by atoms with Gasteiger partial charge in [0.15, 0.2) is 0 Å². The van der Waals surface area contributed by atoms with Crippen LogP contribution in [0.25, 0.3) is 0 Å². The van der Waals surface area contributed by atoms with E-state index in [1.807, 2.05) is 12.1 Å². The first-order chi connectivity index (χ1) is 4.90. The molecule has 0 N–H and O–H groups in total. The average molecular weight is 131 g/mol. The summed E-state index contributed by atoms with van der Waals surface area (Å²) >= 11 is 0. The van der Waals surface area contributed by atoms with Crippen molar-refractivity contribution in [2.75, 3.05) is 0 Å². The zero-order chi connectivity index (χ0) is 6.97. The Labute approximate surface area is 58.7 Å². The summed E-state index contributed by atoms with van der Waals surface area (Å²) in [6.45, 7) is 0.695. The van der Waals surface area contributed by atoms with E-state index in [2.05, 4.69) is 0 Å². The predicted octanol–water partition coefficient (Wildman–Crippen LogP) is 1.45. The van der Waals surface area contributed by atoms with Crippen LogP contribution in [-0.4, -0.2) is 0 Å². The van der Waals surface area contributed by atoms with Crippen LogP contribution < -0.4 is 4.74 Å². The van der Waals surface area contributed by atoms with Crippen LogP contribution in [0.5, 0.6) is 5.75 Å². The van der Waals surface area contributed by atoms with Gasteiger partial charge in [-0.3, -0.25) is 0 Å². The fraction of sp³-hybridized carbons (Fsp3) is 0.125. The molecule has 10 heavy (non-hydrogen) atoms. The number of fused-ring (bicyclic) bond motifs is 1. The lowest BCUT2D eigenvalue weighted by Crippen LogP contribution is -2.08. The van der Waals surface area contributed by atoms with Crippen molar-refractivity contribution in [2.45, 2.75) is 6.61 Å². The fourth-order valence-electron chi connectivity index (χ4n) is 0.953. The Morgan fingerprint density at radius 3 is 2.90 bits per heavy atom. The van der Waals surface area contributed by atoms with Gasteiger partial charge in [-0.15, -0.1) is 0 Å². The summed E-state index contributed by atoms with van der Waals surface area (Å²) in [6.07, 6.45) is 0. The maximum absolute atomic E-state index is 8.47. The molecule has 0 aromatic heterocycles. The molecule has 0 unspecified atom stereocenters. The van der Waals surface area contributed by atoms with E-state index in [-0.39, 0.29) is 0 Å². The Morgan fingerprint density at radius 1 is 1.50 bits per heavy atom. The predicted molar refractivity (Wildman–Crippen MR) is 35.5 cm³/mol. The van der Waals surface area contributed by atoms with Crippen LogP contribution >= 0.6 is 0 Å². The van der Waals surface area contributed by atoms with Gasteiger partial charge in [-0.1, -0.05) is 6.07 Å². The lowest BCUT2D eigenvalue weighted by Gasteiger charge is -2.19. The monoisotopic (exact) mass is 131 g/mol. The molecule has 1 aliphatic rings. The van der Waals surface area contributed by atoms with E-state index in [9.17, 15) is 0 Å². The molecule has 1 aliphatic heterocycles. The summed E-state index contributed by atoms with van der Waals surface area (Å²) < 4.78 is 5.07. The Bertz CT molecular complexity index is 312. The standard InChI is InChI=1S/C8H5NO/c9-4-6-1-2-7-5-10-8(7)3-6/h1-3H,5H2. The molecule has 1 aromatic carbocycles. The molecule has 0 atom stereocenters. The molecule has 0 fully saturated rings. The number of hydrogen-bond donors (Lipinski definition) is 0. The van der Waals surface area contributed by atoms with Crippen molar-refractivity contribution in [3.8, 4) is 11.8 Å². The molecule has 0 spiro atoms. The molecule has 1 aromatic rings. The van der Waals surface area contributed by atoms with Gasteiger partial charge in [-0.05, 0) is 12.1 Å². The van der Waals surface area contributed by atoms with Gasteiger partial charge in [0.1, 0.15) is 12.4 Å². The maximum atomic E-state index is 8.47. The van der Waals surface area contributed by atoms with Crippen LogP contribution in [-0.2, 0) is 6.61 Å². The molecule has 0 amide bonds. The molecule has 48 valence electrons. The Balaban J connectivity index is 2.54. The van der Waals surface area contributed by atoms with Crippen molar-refractivity contribution in [2.24, 2.45) is 0 Å². The zero-order valence-corrected chi connectivity index (χ0v) is 5.29. The fourth-order valence-corrected chi connectivity index (χ4v) is 0.953. The van der Waals surface area contributed by atoms with Crippen molar-refractivity contribution >= 4 is 0 Å². The van der Waals surface area contributed by atoms with Crippen LogP contribution in [0.2, 0.25) is 0 Å². The van der Waals surface area contributed by atoms with Crippen molar-refractivity contribution < 1.29 is 4.74 Å². The Hall–Kier alpha value is -1.49. The van der Waals surface area contributed by atoms with Gasteiger partial charge in [-0.2, -0.15) is 5.26 Å². The second-order valence-electron chi connectivity index (χ2n) is 2.22. The van der Waals surface area contributed by atoms with Gasteiger partial charge >= 0.3 is 0 Å². The molecule has 2 nitrogen and oxygen atoms in total. The maximum Gasteiger partial charge on any atom is 0.127 e. The van der Waals surface area contributed by atoms with E-state index in [1.165, 1.54) is 5.56 Å². The van der Waals surface area contributed by atoms with Gasteiger partial charge in [0.25, 0.3) is 0 Å². The highest BCUT2D eigenvalue weighted by molar-refractivity contribution is 5.45. The second-order valence-corrected chi connectivity index (χ2v) is 2.22. The van der Waals surface area contributed by atoms with Gasteiger partial charge < -0.3 is 4.74 Å². The summed E-state index contributed by atoms with van der Waals surface area (Å²) in [6, 6.07) is 7.55. The number of ether oxygens (including phenoxy) is 1. The minimum atomic E-state index is 0.665. The third kappa shape index (κ3) is 0.577. The molecule has 0 saturated heterocycles. The molecule has 2 rings (SSSR count). The molecule has 0 radical (unpaired) electrons. The lowest BCUT2D eigenvalue weighted by molar-refractivity contribution is 0.243. The molecule has 0 bridgehead atoms. The number of rotatable bonds is 0. The summed E-state index contributed by atoms with van der Waals surface area (Å²) in [4.78, 5) is 0. The van der Waals surface area contributed by atoms with E-state index in [0.29, 0.717) is 12.2 Å². The molecule has 0 aliphatic carbocycles. The minimum Gasteiger partial charge on any atom is -0.488 e. The minimum absolute atomic E-state index is 0.665. The SMILES string of the molecule is N#Cc1ccc2c(c1)OC2. The quantitative estimate of drug-likeness (QED) is 0.533. The average Bonchev–Trinajstić information content (AvgIpc) is 1.92. The van der Waals surface area contributed by atoms with E-state index >= 15 is 0 Å². The van der Waals surface area contributed by atoms with Gasteiger partial charge in [0, 0.05) is 5.56 Å². The van der Waals surface area contributed by atoms with Gasteiger partial charge in [-0.25, -0.2) is 0 Å². The molecule has 2 heteroatoms. The normalized spacial score (nSPS) is 12.3. The number of benzene rings is 1. The molecular weight excluding hydrogens is 126 g/mol. The van der Waals surface area contributed by atoms with Gasteiger partial charge in [0.05, 0.1) is 11.6 Å². The third-order valence-corrected chi connectivity index (χ3v) is 1.58. The lowest BCUT2D eigenvalue weighted by atomic mass is 10.1. The highest BCUT2D eigenvalue weighted by Crippen LogP contribution is 2.29. The Morgan fingerprint density at radius 2 is 2.40 bits per heavy atom. The first-order valence-corrected chi connectivity index (χ1v) is 3.06. The first kappa shape index (κ1) is 5.31. The van der Waals surface area contributed by atoms with Crippen LogP contribution in [0, 0.1) is 11.3 Å². The van der Waals surface area contributed by atoms with E-state index < -0.39 is 0 Å². The zero-order valence-electron chi connectivity index (χ0n) is 5.29. The number of nitriles is 1.